The van der Waals surface area contributed by atoms with Crippen LogP contribution in [0, 0.1) is 4.77 Å². The van der Waals surface area contributed by atoms with E-state index in [-0.39, 0.29) is 16.2 Å². The monoisotopic (exact) mass is 291 g/mol. The zero-order valence-electron chi connectivity index (χ0n) is 10.7. The van der Waals surface area contributed by atoms with Crippen LogP contribution >= 0.6 is 12.2 Å². The van der Waals surface area contributed by atoms with E-state index < -0.39 is 5.56 Å². The van der Waals surface area contributed by atoms with Crippen molar-refractivity contribution in [3.8, 4) is 11.6 Å². The summed E-state index contributed by atoms with van der Waals surface area (Å²) in [5.74, 6) is 0.280. The maximum atomic E-state index is 11.7. The number of aromatic nitrogens is 2. The van der Waals surface area contributed by atoms with E-state index in [9.17, 15) is 9.90 Å². The molecule has 20 heavy (non-hydrogen) atoms. The van der Waals surface area contributed by atoms with Gasteiger partial charge in [-0.05, 0) is 31.3 Å². The number of hydrogen-bond donors (Lipinski definition) is 3. The van der Waals surface area contributed by atoms with Gasteiger partial charge in [0.25, 0.3) is 5.56 Å². The first-order valence-electron chi connectivity index (χ1n) is 5.93. The SMILES string of the molecule is CCOc1ccccc1N=Cc1c(O)[nH]c(=S)[nH]c1=O. The van der Waals surface area contributed by atoms with Gasteiger partial charge in [0, 0.05) is 6.21 Å². The van der Waals surface area contributed by atoms with Crippen molar-refractivity contribution in [1.29, 1.82) is 0 Å². The van der Waals surface area contributed by atoms with E-state index in [1.165, 1.54) is 6.21 Å². The van der Waals surface area contributed by atoms with E-state index in [2.05, 4.69) is 15.0 Å². The highest BCUT2D eigenvalue weighted by molar-refractivity contribution is 7.71. The second kappa shape index (κ2) is 6.16. The zero-order chi connectivity index (χ0) is 14.5. The fourth-order valence-electron chi connectivity index (χ4n) is 1.58. The van der Waals surface area contributed by atoms with Crippen LogP contribution in [0.1, 0.15) is 12.5 Å². The maximum Gasteiger partial charge on any atom is 0.264 e. The predicted molar refractivity (Wildman–Crippen MR) is 78.8 cm³/mol. The Morgan fingerprint density at radius 2 is 2.15 bits per heavy atom. The first kappa shape index (κ1) is 14.0. The molecule has 104 valence electrons. The predicted octanol–water partition coefficient (Wildman–Crippen LogP) is 2.29. The van der Waals surface area contributed by atoms with Gasteiger partial charge in [-0.2, -0.15) is 0 Å². The van der Waals surface area contributed by atoms with Crippen LogP contribution in [0.5, 0.6) is 11.6 Å². The van der Waals surface area contributed by atoms with Crippen molar-refractivity contribution in [2.24, 2.45) is 4.99 Å². The number of hydrogen-bond acceptors (Lipinski definition) is 5. The number of nitrogens with one attached hydrogen (secondary N) is 2. The third kappa shape index (κ3) is 3.12. The molecule has 7 heteroatoms. The van der Waals surface area contributed by atoms with Crippen molar-refractivity contribution in [3.05, 3.63) is 45.0 Å². The van der Waals surface area contributed by atoms with Gasteiger partial charge in [-0.15, -0.1) is 0 Å². The van der Waals surface area contributed by atoms with Gasteiger partial charge in [-0.1, -0.05) is 12.1 Å². The van der Waals surface area contributed by atoms with Crippen LogP contribution in [0.4, 0.5) is 5.69 Å². The van der Waals surface area contributed by atoms with Crippen LogP contribution in [-0.2, 0) is 0 Å². The molecule has 0 aliphatic heterocycles. The van der Waals surface area contributed by atoms with E-state index >= 15 is 0 Å². The summed E-state index contributed by atoms with van der Waals surface area (Å²) in [5.41, 5.74) is 0.0596. The number of nitrogens with zero attached hydrogens (tertiary/aromatic N) is 1. The maximum absolute atomic E-state index is 11.7. The van der Waals surface area contributed by atoms with E-state index in [1.54, 1.807) is 18.2 Å². The number of para-hydroxylation sites is 2. The standard InChI is InChI=1S/C13H13N3O3S/c1-2-19-10-6-4-3-5-9(10)14-7-8-11(17)15-13(20)16-12(8)18/h3-7H,2H2,1H3,(H3,15,16,17,18,20). The number of ether oxygens (including phenoxy) is 1. The number of aromatic hydroxyl groups is 1. The molecule has 0 unspecified atom stereocenters. The molecule has 0 atom stereocenters. The van der Waals surface area contributed by atoms with Gasteiger partial charge in [0.2, 0.25) is 5.88 Å². The molecule has 1 aromatic carbocycles. The Hall–Kier alpha value is -2.41. The van der Waals surface area contributed by atoms with E-state index in [1.807, 2.05) is 13.0 Å². The summed E-state index contributed by atoms with van der Waals surface area (Å²) in [5, 5.41) is 9.66. The summed E-state index contributed by atoms with van der Waals surface area (Å²) in [6, 6.07) is 7.16. The van der Waals surface area contributed by atoms with Gasteiger partial charge in [0.1, 0.15) is 17.0 Å². The minimum Gasteiger partial charge on any atom is -0.494 e. The Labute approximate surface area is 119 Å². The lowest BCUT2D eigenvalue weighted by Gasteiger charge is -2.05. The average molecular weight is 291 g/mol. The topological polar surface area (TPSA) is 90.5 Å². The molecule has 0 saturated carbocycles. The molecule has 1 heterocycles. The number of rotatable bonds is 4. The molecule has 0 fully saturated rings. The number of benzene rings is 1. The van der Waals surface area contributed by atoms with Crippen molar-refractivity contribution in [2.75, 3.05) is 6.61 Å². The molecule has 0 radical (unpaired) electrons. The number of aliphatic imine (C=N–C) groups is 1. The molecule has 0 spiro atoms. The summed E-state index contributed by atoms with van der Waals surface area (Å²) in [6.45, 7) is 2.38. The molecule has 0 saturated heterocycles. The van der Waals surface area contributed by atoms with Gasteiger partial charge < -0.3 is 14.8 Å². The minimum atomic E-state index is -0.510. The molecule has 3 N–H and O–H groups in total. The Morgan fingerprint density at radius 1 is 1.40 bits per heavy atom. The smallest absolute Gasteiger partial charge is 0.264 e. The van der Waals surface area contributed by atoms with Gasteiger partial charge in [0.15, 0.2) is 4.77 Å². The van der Waals surface area contributed by atoms with Gasteiger partial charge in [0.05, 0.1) is 6.61 Å². The molecule has 0 bridgehead atoms. The molecule has 0 amide bonds. The van der Waals surface area contributed by atoms with E-state index in [4.69, 9.17) is 17.0 Å². The lowest BCUT2D eigenvalue weighted by molar-refractivity contribution is 0.341. The third-order valence-electron chi connectivity index (χ3n) is 2.46. The first-order valence-corrected chi connectivity index (χ1v) is 6.34. The largest absolute Gasteiger partial charge is 0.494 e. The highest BCUT2D eigenvalue weighted by atomic mass is 32.1. The second-order valence-corrected chi connectivity index (χ2v) is 4.24. The lowest BCUT2D eigenvalue weighted by atomic mass is 10.3. The van der Waals surface area contributed by atoms with Crippen LogP contribution in [0.25, 0.3) is 0 Å². The molecule has 6 nitrogen and oxygen atoms in total. The first-order chi connectivity index (χ1) is 9.61. The van der Waals surface area contributed by atoms with Crippen molar-refractivity contribution in [3.63, 3.8) is 0 Å². The van der Waals surface area contributed by atoms with Crippen LogP contribution in [-0.4, -0.2) is 27.9 Å². The minimum absolute atomic E-state index is 0.00454. The summed E-state index contributed by atoms with van der Waals surface area (Å²) >= 11 is 4.74. The zero-order valence-corrected chi connectivity index (χ0v) is 11.5. The summed E-state index contributed by atoms with van der Waals surface area (Å²) in [7, 11) is 0. The number of H-pyrrole nitrogens is 2. The van der Waals surface area contributed by atoms with Crippen molar-refractivity contribution in [2.45, 2.75) is 6.92 Å². The average Bonchev–Trinajstić information content (AvgIpc) is 2.39. The van der Waals surface area contributed by atoms with Crippen LogP contribution in [0.15, 0.2) is 34.1 Å². The Bertz CT molecular complexity index is 749. The Balaban J connectivity index is 2.40. The van der Waals surface area contributed by atoms with Crippen molar-refractivity contribution < 1.29 is 9.84 Å². The Kier molecular flexibility index (Phi) is 4.31. The quantitative estimate of drug-likeness (QED) is 0.595. The van der Waals surface area contributed by atoms with E-state index in [0.717, 1.165) is 0 Å². The molecule has 0 aliphatic carbocycles. The highest BCUT2D eigenvalue weighted by Gasteiger charge is 2.05. The molecular formula is C13H13N3O3S. The van der Waals surface area contributed by atoms with Crippen molar-refractivity contribution in [1.82, 2.24) is 9.97 Å². The van der Waals surface area contributed by atoms with Gasteiger partial charge >= 0.3 is 0 Å². The third-order valence-corrected chi connectivity index (χ3v) is 2.66. The van der Waals surface area contributed by atoms with Crippen LogP contribution in [0.2, 0.25) is 0 Å². The molecule has 2 rings (SSSR count). The lowest BCUT2D eigenvalue weighted by Crippen LogP contribution is -2.13. The van der Waals surface area contributed by atoms with Crippen LogP contribution < -0.4 is 10.3 Å². The van der Waals surface area contributed by atoms with E-state index in [0.29, 0.717) is 18.0 Å². The summed E-state index contributed by atoms with van der Waals surface area (Å²) < 4.78 is 5.47. The van der Waals surface area contributed by atoms with Crippen molar-refractivity contribution >= 4 is 24.1 Å². The van der Waals surface area contributed by atoms with Crippen LogP contribution in [0.3, 0.4) is 0 Å². The van der Waals surface area contributed by atoms with Gasteiger partial charge in [-0.25, -0.2) is 0 Å². The summed E-state index contributed by atoms with van der Waals surface area (Å²) in [6.07, 6.45) is 1.26. The van der Waals surface area contributed by atoms with Gasteiger partial charge in [-0.3, -0.25) is 14.8 Å². The fourth-order valence-corrected chi connectivity index (χ4v) is 1.77. The molecule has 2 aromatic rings. The highest BCUT2D eigenvalue weighted by Crippen LogP contribution is 2.26. The normalized spacial score (nSPS) is 10.8. The molecule has 1 aromatic heterocycles. The second-order valence-electron chi connectivity index (χ2n) is 3.83. The number of aromatic amines is 2. The Morgan fingerprint density at radius 3 is 2.85 bits per heavy atom. The fraction of sp³-hybridized carbons (Fsp3) is 0.154. The molecule has 0 aliphatic rings. The molecular weight excluding hydrogens is 278 g/mol. The summed E-state index contributed by atoms with van der Waals surface area (Å²) in [4.78, 5) is 20.7.